The molecule has 0 amide bonds. The van der Waals surface area contributed by atoms with E-state index in [9.17, 15) is 0 Å². The van der Waals surface area contributed by atoms with Crippen LogP contribution >= 0.6 is 0 Å². The normalized spacial score (nSPS) is 20.6. The van der Waals surface area contributed by atoms with Crippen LogP contribution < -0.4 is 0 Å². The first-order valence-corrected chi connectivity index (χ1v) is 7.85. The third kappa shape index (κ3) is 4.02. The SMILES string of the molecule is C=CN(Cc1ccccc1)[SiH2]C1CCCCO1. The number of hydrogen-bond donors (Lipinski definition) is 0. The highest BCUT2D eigenvalue weighted by molar-refractivity contribution is 6.34. The van der Waals surface area contributed by atoms with Gasteiger partial charge in [0.15, 0.2) is 9.68 Å². The van der Waals surface area contributed by atoms with Gasteiger partial charge in [-0.15, -0.1) is 0 Å². The fraction of sp³-hybridized carbons (Fsp3) is 0.429. The molecule has 0 aromatic heterocycles. The van der Waals surface area contributed by atoms with Crippen molar-refractivity contribution >= 4 is 9.68 Å². The van der Waals surface area contributed by atoms with Gasteiger partial charge >= 0.3 is 0 Å². The molecule has 1 heterocycles. The Bertz CT molecular complexity index is 335. The molecule has 0 aliphatic carbocycles. The fourth-order valence-electron chi connectivity index (χ4n) is 2.23. The minimum atomic E-state index is -0.371. The van der Waals surface area contributed by atoms with Crippen molar-refractivity contribution in [3.63, 3.8) is 0 Å². The van der Waals surface area contributed by atoms with Crippen LogP contribution in [0.5, 0.6) is 0 Å². The third-order valence-electron chi connectivity index (χ3n) is 3.20. The quantitative estimate of drug-likeness (QED) is 0.740. The Morgan fingerprint density at radius 3 is 2.82 bits per heavy atom. The molecule has 1 aliphatic heterocycles. The smallest absolute Gasteiger partial charge is 0.154 e. The Morgan fingerprint density at radius 1 is 1.35 bits per heavy atom. The molecule has 0 saturated carbocycles. The molecule has 1 fully saturated rings. The Kier molecular flexibility index (Phi) is 4.83. The van der Waals surface area contributed by atoms with Crippen LogP contribution in [0.15, 0.2) is 43.1 Å². The molecule has 17 heavy (non-hydrogen) atoms. The van der Waals surface area contributed by atoms with Gasteiger partial charge in [-0.1, -0.05) is 36.9 Å². The van der Waals surface area contributed by atoms with Gasteiger partial charge in [0.1, 0.15) is 0 Å². The molecule has 1 aromatic rings. The molecule has 1 aromatic carbocycles. The molecule has 2 rings (SSSR count). The number of ether oxygens (including phenoxy) is 1. The summed E-state index contributed by atoms with van der Waals surface area (Å²) in [6.07, 6.45) is 5.79. The molecule has 0 spiro atoms. The van der Waals surface area contributed by atoms with E-state index >= 15 is 0 Å². The van der Waals surface area contributed by atoms with Gasteiger partial charge < -0.3 is 9.30 Å². The minimum Gasteiger partial charge on any atom is -0.403 e. The maximum absolute atomic E-state index is 5.82. The lowest BCUT2D eigenvalue weighted by Gasteiger charge is -2.28. The van der Waals surface area contributed by atoms with Crippen molar-refractivity contribution in [3.05, 3.63) is 48.7 Å². The zero-order valence-electron chi connectivity index (χ0n) is 10.3. The summed E-state index contributed by atoms with van der Waals surface area (Å²) < 4.78 is 8.20. The third-order valence-corrected chi connectivity index (χ3v) is 5.20. The Hall–Kier alpha value is -1.06. The maximum atomic E-state index is 5.82. The second kappa shape index (κ2) is 6.62. The summed E-state index contributed by atoms with van der Waals surface area (Å²) >= 11 is 0. The van der Waals surface area contributed by atoms with Crippen LogP contribution in [0, 0.1) is 0 Å². The van der Waals surface area contributed by atoms with Crippen LogP contribution in [0.4, 0.5) is 0 Å². The van der Waals surface area contributed by atoms with Crippen LogP contribution in [0.3, 0.4) is 0 Å². The molecule has 1 saturated heterocycles. The summed E-state index contributed by atoms with van der Waals surface area (Å²) in [6.45, 7) is 5.86. The molecule has 0 N–H and O–H groups in total. The van der Waals surface area contributed by atoms with E-state index in [1.54, 1.807) is 0 Å². The molecular formula is C14H21NOSi. The van der Waals surface area contributed by atoms with E-state index in [0.29, 0.717) is 5.73 Å². The fourth-order valence-corrected chi connectivity index (χ4v) is 4.04. The summed E-state index contributed by atoms with van der Waals surface area (Å²) in [5, 5.41) is 0. The van der Waals surface area contributed by atoms with E-state index in [1.807, 2.05) is 6.20 Å². The summed E-state index contributed by atoms with van der Waals surface area (Å²) in [6, 6.07) is 10.6. The molecule has 1 unspecified atom stereocenters. The Balaban J connectivity index is 1.86. The average molecular weight is 247 g/mol. The van der Waals surface area contributed by atoms with Crippen LogP contribution in [0.1, 0.15) is 24.8 Å². The number of benzene rings is 1. The lowest BCUT2D eigenvalue weighted by Crippen LogP contribution is -2.35. The largest absolute Gasteiger partial charge is 0.403 e. The summed E-state index contributed by atoms with van der Waals surface area (Å²) in [4.78, 5) is 0. The van der Waals surface area contributed by atoms with E-state index < -0.39 is 0 Å². The van der Waals surface area contributed by atoms with Crippen LogP contribution in [-0.2, 0) is 11.3 Å². The van der Waals surface area contributed by atoms with Gasteiger partial charge in [0.05, 0.1) is 5.73 Å². The Labute approximate surface area is 106 Å². The van der Waals surface area contributed by atoms with E-state index in [1.165, 1.54) is 24.8 Å². The lowest BCUT2D eigenvalue weighted by atomic mass is 10.2. The summed E-state index contributed by atoms with van der Waals surface area (Å²) in [7, 11) is -0.371. The lowest BCUT2D eigenvalue weighted by molar-refractivity contribution is 0.0615. The van der Waals surface area contributed by atoms with Crippen molar-refractivity contribution in [2.24, 2.45) is 0 Å². The van der Waals surface area contributed by atoms with E-state index in [0.717, 1.165) is 13.2 Å². The highest BCUT2D eigenvalue weighted by atomic mass is 28.2. The van der Waals surface area contributed by atoms with Gasteiger partial charge in [0, 0.05) is 13.2 Å². The van der Waals surface area contributed by atoms with Gasteiger partial charge in [-0.25, -0.2) is 0 Å². The van der Waals surface area contributed by atoms with Crippen molar-refractivity contribution in [2.75, 3.05) is 6.61 Å². The first kappa shape index (κ1) is 12.4. The minimum absolute atomic E-state index is 0.371. The first-order chi connectivity index (χ1) is 8.38. The predicted octanol–water partition coefficient (Wildman–Crippen LogP) is 2.24. The van der Waals surface area contributed by atoms with Crippen molar-refractivity contribution in [1.29, 1.82) is 0 Å². The zero-order chi connectivity index (χ0) is 11.9. The number of hydrogen-bond acceptors (Lipinski definition) is 2. The standard InChI is InChI=1S/C14H21NOSi/c1-2-15(12-13-8-4-3-5-9-13)17-14-10-6-7-11-16-14/h2-5,8-9,14H,1,6-7,10-12,17H2. The second-order valence-corrected chi connectivity index (χ2v) is 6.67. The molecule has 2 nitrogen and oxygen atoms in total. The average Bonchev–Trinajstić information content (AvgIpc) is 2.40. The van der Waals surface area contributed by atoms with Crippen molar-refractivity contribution < 1.29 is 4.74 Å². The van der Waals surface area contributed by atoms with Gasteiger partial charge in [0.2, 0.25) is 0 Å². The predicted molar refractivity (Wildman–Crippen MR) is 74.3 cm³/mol. The summed E-state index contributed by atoms with van der Waals surface area (Å²) in [5.74, 6) is 0. The molecule has 92 valence electrons. The molecule has 1 aliphatic rings. The molecule has 0 radical (unpaired) electrons. The second-order valence-electron chi connectivity index (χ2n) is 4.59. The molecule has 3 heteroatoms. The van der Waals surface area contributed by atoms with Crippen molar-refractivity contribution in [1.82, 2.24) is 4.57 Å². The van der Waals surface area contributed by atoms with Crippen LogP contribution in [0.2, 0.25) is 0 Å². The maximum Gasteiger partial charge on any atom is 0.154 e. The molecule has 0 bridgehead atoms. The number of rotatable bonds is 5. The van der Waals surface area contributed by atoms with Crippen LogP contribution in [0.25, 0.3) is 0 Å². The van der Waals surface area contributed by atoms with E-state index in [-0.39, 0.29) is 9.68 Å². The van der Waals surface area contributed by atoms with Gasteiger partial charge in [-0.3, -0.25) is 0 Å². The topological polar surface area (TPSA) is 12.5 Å². The highest BCUT2D eigenvalue weighted by Crippen LogP contribution is 2.14. The van der Waals surface area contributed by atoms with E-state index in [4.69, 9.17) is 4.74 Å². The Morgan fingerprint density at radius 2 is 2.18 bits per heavy atom. The van der Waals surface area contributed by atoms with Crippen LogP contribution in [-0.4, -0.2) is 26.6 Å². The molecular weight excluding hydrogens is 226 g/mol. The number of nitrogens with zero attached hydrogens (tertiary/aromatic N) is 1. The van der Waals surface area contributed by atoms with Gasteiger partial charge in [-0.05, 0) is 31.0 Å². The first-order valence-electron chi connectivity index (χ1n) is 6.40. The monoisotopic (exact) mass is 247 g/mol. The van der Waals surface area contributed by atoms with Gasteiger partial charge in [0.25, 0.3) is 0 Å². The van der Waals surface area contributed by atoms with Crippen molar-refractivity contribution in [2.45, 2.75) is 31.5 Å². The zero-order valence-corrected chi connectivity index (χ0v) is 11.8. The van der Waals surface area contributed by atoms with Gasteiger partial charge in [-0.2, -0.15) is 0 Å². The highest BCUT2D eigenvalue weighted by Gasteiger charge is 2.16. The van der Waals surface area contributed by atoms with E-state index in [2.05, 4.69) is 41.5 Å². The van der Waals surface area contributed by atoms with Crippen molar-refractivity contribution in [3.8, 4) is 0 Å². The molecule has 1 atom stereocenters. The summed E-state index contributed by atoms with van der Waals surface area (Å²) in [5.41, 5.74) is 1.88.